The molecule has 0 bridgehead atoms. The van der Waals surface area contributed by atoms with E-state index in [2.05, 4.69) is 27.5 Å². The highest BCUT2D eigenvalue weighted by atomic mass is 31.2. The van der Waals surface area contributed by atoms with Crippen LogP contribution in [0.4, 0.5) is 0 Å². The van der Waals surface area contributed by atoms with Gasteiger partial charge in [0.25, 0.3) is 0 Å². The number of benzene rings is 2. The van der Waals surface area contributed by atoms with Crippen molar-refractivity contribution in [3.05, 3.63) is 96.1 Å². The topological polar surface area (TPSA) is 232 Å². The van der Waals surface area contributed by atoms with Crippen LogP contribution in [0, 0.1) is 0 Å². The number of ketones is 1. The third-order valence-corrected chi connectivity index (χ3v) is 5.52. The largest absolute Gasteiger partial charge is 0.872 e. The first-order chi connectivity index (χ1) is 22.2. The number of hydrogen-bond donors (Lipinski definition) is 0. The molecule has 0 saturated carbocycles. The molecule has 2 aromatic rings. The molecule has 48 heavy (non-hydrogen) atoms. The van der Waals surface area contributed by atoms with Gasteiger partial charge in [-0.2, -0.15) is 0 Å². The molecule has 0 amide bonds. The van der Waals surface area contributed by atoms with Gasteiger partial charge in [0.2, 0.25) is 0 Å². The molecule has 2 aromatic carbocycles. The SMILES string of the molecule is C=C1C=CC(=O)C=C1.CCc1ccc(OC(=O)CCC(=O)OC)cc1.COC(C)=O.CP(=O)([O-])OCc1ccc([O-])cc1.CP(=O)([O-])[O-]. The van der Waals surface area contributed by atoms with E-state index in [1.807, 2.05) is 12.1 Å². The predicted octanol–water partition coefficient (Wildman–Crippen LogP) is 2.51. The lowest BCUT2D eigenvalue weighted by atomic mass is 10.1. The number of allylic oxidation sites excluding steroid dienone is 5. The quantitative estimate of drug-likeness (QED) is 0.218. The molecule has 0 N–H and O–H groups in total. The first-order valence-corrected chi connectivity index (χ1v) is 17.9. The zero-order valence-corrected chi connectivity index (χ0v) is 29.4. The first-order valence-electron chi connectivity index (χ1n) is 13.9. The van der Waals surface area contributed by atoms with Crippen molar-refractivity contribution in [3.63, 3.8) is 0 Å². The Kier molecular flexibility index (Phi) is 23.9. The van der Waals surface area contributed by atoms with Gasteiger partial charge in [-0.25, -0.2) is 0 Å². The summed E-state index contributed by atoms with van der Waals surface area (Å²) in [6.07, 6.45) is 7.41. The fourth-order valence-electron chi connectivity index (χ4n) is 2.55. The molecule has 0 heterocycles. The Morgan fingerprint density at radius 1 is 0.771 bits per heavy atom. The van der Waals surface area contributed by atoms with Crippen LogP contribution in [0.5, 0.6) is 11.5 Å². The van der Waals surface area contributed by atoms with Crippen molar-refractivity contribution in [1.82, 2.24) is 0 Å². The molecule has 0 spiro atoms. The molecule has 1 aliphatic rings. The highest BCUT2D eigenvalue weighted by Gasteiger charge is 2.09. The van der Waals surface area contributed by atoms with Gasteiger partial charge in [-0.15, -0.1) is 5.75 Å². The third kappa shape index (κ3) is 31.8. The Morgan fingerprint density at radius 2 is 1.21 bits per heavy atom. The van der Waals surface area contributed by atoms with E-state index in [9.17, 15) is 33.7 Å². The maximum absolute atomic E-state index is 11.4. The molecule has 266 valence electrons. The average Bonchev–Trinajstić information content (AvgIpc) is 3.01. The first kappa shape index (κ1) is 46.0. The molecule has 0 aliphatic heterocycles. The Balaban J connectivity index is 0. The van der Waals surface area contributed by atoms with Gasteiger partial charge in [-0.1, -0.05) is 69.6 Å². The standard InChI is InChI=1S/C13H16O4.C8H11O4P.C7H6O.C3H6O2.CH5O3P/c1-3-10-4-6-11(7-5-10)17-13(15)9-8-12(14)16-2;1-13(10,11)12-6-7-2-4-8(9)5-3-7;1-6-2-4-7(8)5-3-6;1-3(4)5-2;1-5(2,3)4/h4-7H,3,8-9H2,1-2H3;2-5,9H,6H2,1H3,(H,10,11);2-5H,1H2;1-2H3;1H3,(H2,2,3,4)/p-4. The second kappa shape index (κ2) is 24.9. The second-order valence-corrected chi connectivity index (χ2v) is 12.7. The second-order valence-electron chi connectivity index (χ2n) is 9.35. The van der Waals surface area contributed by atoms with Gasteiger partial charge in [0.05, 0.1) is 33.7 Å². The molecule has 1 unspecified atom stereocenters. The number of carbonyl (C=O) groups excluding carboxylic acids is 4. The highest BCUT2D eigenvalue weighted by molar-refractivity contribution is 7.50. The molecular weight excluding hydrogens is 670 g/mol. The highest BCUT2D eigenvalue weighted by Crippen LogP contribution is 2.32. The summed E-state index contributed by atoms with van der Waals surface area (Å²) >= 11 is 0. The van der Waals surface area contributed by atoms with Gasteiger partial charge in [0.15, 0.2) is 5.78 Å². The van der Waals surface area contributed by atoms with Gasteiger partial charge in [-0.05, 0) is 54.1 Å². The summed E-state index contributed by atoms with van der Waals surface area (Å²) in [5.41, 5.74) is 2.72. The van der Waals surface area contributed by atoms with Crippen LogP contribution in [0.1, 0.15) is 37.8 Å². The number of carbonyl (C=O) groups is 4. The molecule has 0 aromatic heterocycles. The fourth-order valence-corrected chi connectivity index (χ4v) is 2.93. The van der Waals surface area contributed by atoms with Crippen LogP contribution < -0.4 is 24.5 Å². The zero-order chi connectivity index (χ0) is 37.3. The zero-order valence-electron chi connectivity index (χ0n) is 27.6. The van der Waals surface area contributed by atoms with Crippen molar-refractivity contribution in [1.29, 1.82) is 0 Å². The van der Waals surface area contributed by atoms with E-state index in [4.69, 9.17) is 19.1 Å². The van der Waals surface area contributed by atoms with E-state index in [0.29, 0.717) is 18.0 Å². The summed E-state index contributed by atoms with van der Waals surface area (Å²) in [4.78, 5) is 71.0. The van der Waals surface area contributed by atoms with Crippen LogP contribution in [0.2, 0.25) is 0 Å². The van der Waals surface area contributed by atoms with Gasteiger partial charge in [0.1, 0.15) is 13.3 Å². The summed E-state index contributed by atoms with van der Waals surface area (Å²) in [5.74, 6) is -0.659. The fraction of sp³-hybridized carbons (Fsp3) is 0.312. The summed E-state index contributed by atoms with van der Waals surface area (Å²) in [6, 6.07) is 13.1. The lowest BCUT2D eigenvalue weighted by Gasteiger charge is -2.22. The monoisotopic (exact) mass is 710 g/mol. The van der Waals surface area contributed by atoms with Gasteiger partial charge < -0.3 is 47.7 Å². The predicted molar refractivity (Wildman–Crippen MR) is 171 cm³/mol. The summed E-state index contributed by atoms with van der Waals surface area (Å²) in [7, 11) is -5.17. The van der Waals surface area contributed by atoms with Crippen LogP contribution in [-0.2, 0) is 55.3 Å². The van der Waals surface area contributed by atoms with E-state index >= 15 is 0 Å². The smallest absolute Gasteiger partial charge is 0.311 e. The van der Waals surface area contributed by atoms with Gasteiger partial charge in [0, 0.05) is 13.6 Å². The van der Waals surface area contributed by atoms with Crippen LogP contribution in [0.3, 0.4) is 0 Å². The van der Waals surface area contributed by atoms with Crippen LogP contribution in [0.15, 0.2) is 85.0 Å². The van der Waals surface area contributed by atoms with E-state index < -0.39 is 27.1 Å². The molecule has 0 saturated heterocycles. The number of esters is 3. The lowest BCUT2D eigenvalue weighted by molar-refractivity contribution is -0.311. The molecular formula is C32H40O14P2-4. The molecule has 0 radical (unpaired) electrons. The molecule has 1 atom stereocenters. The Morgan fingerprint density at radius 3 is 1.58 bits per heavy atom. The molecule has 14 nitrogen and oxygen atoms in total. The van der Waals surface area contributed by atoms with E-state index in [0.717, 1.165) is 18.7 Å². The summed E-state index contributed by atoms with van der Waals surface area (Å²) in [5, 5.41) is 10.7. The molecule has 0 fully saturated rings. The minimum atomic E-state index is -4.14. The Labute approximate surface area is 280 Å². The van der Waals surface area contributed by atoms with Gasteiger partial charge in [-0.3, -0.25) is 19.2 Å². The van der Waals surface area contributed by atoms with Crippen LogP contribution in [0.25, 0.3) is 0 Å². The number of hydrogen-bond acceptors (Lipinski definition) is 14. The Bertz CT molecular complexity index is 1400. The molecule has 3 rings (SSSR count). The van der Waals surface area contributed by atoms with E-state index in [1.54, 1.807) is 24.3 Å². The number of rotatable bonds is 8. The normalized spacial score (nSPS) is 12.4. The number of ether oxygens (including phenoxy) is 3. The minimum Gasteiger partial charge on any atom is -0.872 e. The van der Waals surface area contributed by atoms with Crippen molar-refractivity contribution in [3.8, 4) is 11.5 Å². The van der Waals surface area contributed by atoms with E-state index in [-0.39, 0.29) is 37.0 Å². The maximum Gasteiger partial charge on any atom is 0.311 e. The lowest BCUT2D eigenvalue weighted by Crippen LogP contribution is -2.11. The van der Waals surface area contributed by atoms with E-state index in [1.165, 1.54) is 63.1 Å². The van der Waals surface area contributed by atoms with Crippen molar-refractivity contribution in [2.75, 3.05) is 27.5 Å². The third-order valence-electron chi connectivity index (χ3n) is 4.92. The van der Waals surface area contributed by atoms with Crippen molar-refractivity contribution in [2.45, 2.75) is 39.7 Å². The van der Waals surface area contributed by atoms with Crippen LogP contribution in [-0.4, -0.2) is 51.2 Å². The summed E-state index contributed by atoms with van der Waals surface area (Å²) in [6.45, 7) is 8.66. The average molecular weight is 711 g/mol. The number of methoxy groups -OCH3 is 2. The van der Waals surface area contributed by atoms with Gasteiger partial charge >= 0.3 is 17.9 Å². The van der Waals surface area contributed by atoms with Crippen molar-refractivity contribution >= 4 is 38.9 Å². The minimum absolute atomic E-state index is 0.0163. The number of aryl methyl sites for hydroxylation is 1. The van der Waals surface area contributed by atoms with Crippen molar-refractivity contribution < 1.29 is 66.8 Å². The Hall–Kier alpha value is -4.16. The summed E-state index contributed by atoms with van der Waals surface area (Å²) < 4.78 is 37.9. The molecule has 16 heteroatoms. The van der Waals surface area contributed by atoms with Crippen molar-refractivity contribution in [2.24, 2.45) is 0 Å². The van der Waals surface area contributed by atoms with Crippen LogP contribution >= 0.6 is 15.2 Å². The molecule has 1 aliphatic carbocycles. The maximum atomic E-state index is 11.4.